The van der Waals surface area contributed by atoms with Gasteiger partial charge < -0.3 is 16.0 Å². The van der Waals surface area contributed by atoms with Crippen molar-refractivity contribution in [1.29, 1.82) is 0 Å². The predicted molar refractivity (Wildman–Crippen MR) is 53.9 cm³/mol. The minimum Gasteiger partial charge on any atom is -0.382 e. The number of fused-ring (bicyclic) bond motifs is 1. The molecular formula is C8H9F3N6. The maximum atomic E-state index is 11.9. The van der Waals surface area contributed by atoms with Crippen molar-refractivity contribution in [3.63, 3.8) is 0 Å². The highest BCUT2D eigenvalue weighted by Crippen LogP contribution is 2.14. The number of hydrogen-bond acceptors (Lipinski definition) is 5. The molecule has 6 nitrogen and oxygen atoms in total. The summed E-state index contributed by atoms with van der Waals surface area (Å²) in [5.41, 5.74) is 6.31. The number of nitrogens with one attached hydrogen (secondary N) is 2. The molecule has 92 valence electrons. The Morgan fingerprint density at radius 1 is 1.35 bits per heavy atom. The quantitative estimate of drug-likeness (QED) is 0.737. The molecule has 0 radical (unpaired) electrons. The monoisotopic (exact) mass is 246 g/mol. The Kier molecular flexibility index (Phi) is 2.84. The van der Waals surface area contributed by atoms with Crippen molar-refractivity contribution in [1.82, 2.24) is 25.3 Å². The Balaban J connectivity index is 2.07. The van der Waals surface area contributed by atoms with E-state index in [0.29, 0.717) is 17.0 Å². The van der Waals surface area contributed by atoms with E-state index in [1.807, 2.05) is 0 Å². The molecule has 0 amide bonds. The molecule has 0 atom stereocenters. The highest BCUT2D eigenvalue weighted by atomic mass is 19.4. The largest absolute Gasteiger partial charge is 0.401 e. The normalized spacial score (nSPS) is 12.2. The van der Waals surface area contributed by atoms with Crippen LogP contribution in [0.3, 0.4) is 0 Å². The summed E-state index contributed by atoms with van der Waals surface area (Å²) in [4.78, 5) is 14.3. The van der Waals surface area contributed by atoms with Gasteiger partial charge in [-0.15, -0.1) is 0 Å². The molecule has 0 saturated heterocycles. The van der Waals surface area contributed by atoms with Gasteiger partial charge in [0, 0.05) is 0 Å². The molecule has 0 aliphatic heterocycles. The van der Waals surface area contributed by atoms with E-state index in [4.69, 9.17) is 5.73 Å². The highest BCUT2D eigenvalue weighted by molar-refractivity contribution is 5.80. The summed E-state index contributed by atoms with van der Waals surface area (Å²) in [5, 5.41) is 2.21. The average molecular weight is 246 g/mol. The fraction of sp³-hybridized carbons (Fsp3) is 0.375. The third-order valence-electron chi connectivity index (χ3n) is 1.98. The summed E-state index contributed by atoms with van der Waals surface area (Å²) < 4.78 is 35.7. The SMILES string of the molecule is Nc1ncnc2nc(CNCC(F)(F)F)[nH]c12. The molecule has 4 N–H and O–H groups in total. The molecule has 0 aliphatic rings. The zero-order chi connectivity index (χ0) is 12.5. The van der Waals surface area contributed by atoms with E-state index in [1.165, 1.54) is 6.33 Å². The highest BCUT2D eigenvalue weighted by Gasteiger charge is 2.26. The number of halogens is 3. The summed E-state index contributed by atoms with van der Waals surface area (Å²) in [6.07, 6.45) is -3.00. The topological polar surface area (TPSA) is 92.5 Å². The van der Waals surface area contributed by atoms with Crippen LogP contribution in [0.5, 0.6) is 0 Å². The van der Waals surface area contributed by atoms with Gasteiger partial charge in [0.15, 0.2) is 11.5 Å². The Morgan fingerprint density at radius 2 is 2.12 bits per heavy atom. The van der Waals surface area contributed by atoms with E-state index in [0.717, 1.165) is 0 Å². The van der Waals surface area contributed by atoms with Crippen molar-refractivity contribution in [2.24, 2.45) is 0 Å². The number of aromatic nitrogens is 4. The lowest BCUT2D eigenvalue weighted by Gasteiger charge is -2.05. The van der Waals surface area contributed by atoms with Crippen molar-refractivity contribution >= 4 is 17.0 Å². The van der Waals surface area contributed by atoms with Gasteiger partial charge in [-0.1, -0.05) is 0 Å². The van der Waals surface area contributed by atoms with Crippen molar-refractivity contribution in [3.8, 4) is 0 Å². The maximum Gasteiger partial charge on any atom is 0.401 e. The van der Waals surface area contributed by atoms with Crippen molar-refractivity contribution in [2.45, 2.75) is 12.7 Å². The second-order valence-corrected chi connectivity index (χ2v) is 3.36. The summed E-state index contributed by atoms with van der Waals surface area (Å²) in [7, 11) is 0. The zero-order valence-electron chi connectivity index (χ0n) is 8.54. The minimum absolute atomic E-state index is 0.0463. The molecule has 2 aromatic rings. The van der Waals surface area contributed by atoms with Gasteiger partial charge in [0.25, 0.3) is 0 Å². The molecule has 0 aromatic carbocycles. The molecule has 2 heterocycles. The van der Waals surface area contributed by atoms with E-state index in [2.05, 4.69) is 25.3 Å². The summed E-state index contributed by atoms with van der Waals surface area (Å²) in [5.74, 6) is 0.543. The Bertz CT molecular complexity index is 519. The fourth-order valence-corrected chi connectivity index (χ4v) is 1.30. The summed E-state index contributed by atoms with van der Waals surface area (Å²) in [6, 6.07) is 0. The van der Waals surface area contributed by atoms with Crippen molar-refractivity contribution in [2.75, 3.05) is 12.3 Å². The van der Waals surface area contributed by atoms with Crippen LogP contribution < -0.4 is 11.1 Å². The number of hydrogen-bond donors (Lipinski definition) is 3. The number of imidazole rings is 1. The number of anilines is 1. The van der Waals surface area contributed by atoms with Crippen LogP contribution in [0.1, 0.15) is 5.82 Å². The van der Waals surface area contributed by atoms with Gasteiger partial charge in [0.2, 0.25) is 0 Å². The molecule has 9 heteroatoms. The number of nitrogens with two attached hydrogens (primary N) is 1. The Hall–Kier alpha value is -1.90. The van der Waals surface area contributed by atoms with Gasteiger partial charge in [0.1, 0.15) is 17.7 Å². The van der Waals surface area contributed by atoms with Crippen LogP contribution in [-0.4, -0.2) is 32.7 Å². The predicted octanol–water partition coefficient (Wildman–Crippen LogP) is 0.587. The molecule has 0 aliphatic carbocycles. The van der Waals surface area contributed by atoms with Crippen molar-refractivity contribution in [3.05, 3.63) is 12.2 Å². The fourth-order valence-electron chi connectivity index (χ4n) is 1.30. The number of H-pyrrole nitrogens is 1. The smallest absolute Gasteiger partial charge is 0.382 e. The van der Waals surface area contributed by atoms with Gasteiger partial charge in [-0.3, -0.25) is 0 Å². The molecular weight excluding hydrogens is 237 g/mol. The van der Waals surface area contributed by atoms with E-state index >= 15 is 0 Å². The van der Waals surface area contributed by atoms with Crippen LogP contribution in [0.15, 0.2) is 6.33 Å². The van der Waals surface area contributed by atoms with Crippen LogP contribution in [0.2, 0.25) is 0 Å². The lowest BCUT2D eigenvalue weighted by Crippen LogP contribution is -2.28. The molecule has 0 fully saturated rings. The van der Waals surface area contributed by atoms with Gasteiger partial charge in [0.05, 0.1) is 13.1 Å². The van der Waals surface area contributed by atoms with Crippen LogP contribution in [-0.2, 0) is 6.54 Å². The zero-order valence-corrected chi connectivity index (χ0v) is 8.54. The molecule has 2 rings (SSSR count). The molecule has 0 saturated carbocycles. The third kappa shape index (κ3) is 2.81. The lowest BCUT2D eigenvalue weighted by atomic mass is 10.5. The standard InChI is InChI=1S/C8H9F3N6/c9-8(10,11)2-13-1-4-16-5-6(12)14-3-15-7(5)17-4/h3,13H,1-2H2,(H3,12,14,15,16,17). The van der Waals surface area contributed by atoms with Crippen LogP contribution in [0, 0.1) is 0 Å². The lowest BCUT2D eigenvalue weighted by molar-refractivity contribution is -0.125. The second kappa shape index (κ2) is 4.17. The summed E-state index contributed by atoms with van der Waals surface area (Å²) >= 11 is 0. The van der Waals surface area contributed by atoms with Crippen LogP contribution in [0.4, 0.5) is 19.0 Å². The first kappa shape index (κ1) is 11.6. The second-order valence-electron chi connectivity index (χ2n) is 3.36. The third-order valence-corrected chi connectivity index (χ3v) is 1.98. The first-order valence-corrected chi connectivity index (χ1v) is 4.68. The number of nitrogens with zero attached hydrogens (tertiary/aromatic N) is 3. The van der Waals surface area contributed by atoms with E-state index in [-0.39, 0.29) is 12.4 Å². The maximum absolute atomic E-state index is 11.9. The number of aromatic amines is 1. The van der Waals surface area contributed by atoms with E-state index in [1.54, 1.807) is 0 Å². The van der Waals surface area contributed by atoms with Crippen LogP contribution in [0.25, 0.3) is 11.2 Å². The first-order chi connectivity index (χ1) is 7.96. The first-order valence-electron chi connectivity index (χ1n) is 4.68. The molecule has 0 spiro atoms. The van der Waals surface area contributed by atoms with Gasteiger partial charge in [-0.05, 0) is 0 Å². The number of alkyl halides is 3. The Morgan fingerprint density at radius 3 is 2.76 bits per heavy atom. The average Bonchev–Trinajstić information content (AvgIpc) is 2.60. The van der Waals surface area contributed by atoms with E-state index < -0.39 is 12.7 Å². The summed E-state index contributed by atoms with van der Waals surface area (Å²) in [6.45, 7) is -1.12. The molecule has 17 heavy (non-hydrogen) atoms. The molecule has 0 bridgehead atoms. The van der Waals surface area contributed by atoms with E-state index in [9.17, 15) is 13.2 Å². The Labute approximate surface area is 93.5 Å². The van der Waals surface area contributed by atoms with Gasteiger partial charge >= 0.3 is 6.18 Å². The van der Waals surface area contributed by atoms with Crippen molar-refractivity contribution < 1.29 is 13.2 Å². The molecule has 2 aromatic heterocycles. The minimum atomic E-state index is -4.25. The van der Waals surface area contributed by atoms with Crippen LogP contribution >= 0.6 is 0 Å². The molecule has 0 unspecified atom stereocenters. The van der Waals surface area contributed by atoms with Gasteiger partial charge in [-0.2, -0.15) is 13.2 Å². The number of rotatable bonds is 3. The number of nitrogen functional groups attached to an aromatic ring is 1. The van der Waals surface area contributed by atoms with Gasteiger partial charge in [-0.25, -0.2) is 15.0 Å².